The van der Waals surface area contributed by atoms with Crippen molar-refractivity contribution in [2.45, 2.75) is 57.5 Å². The molecule has 1 aliphatic rings. The molecule has 0 aromatic heterocycles. The van der Waals surface area contributed by atoms with Crippen molar-refractivity contribution >= 4 is 0 Å². The van der Waals surface area contributed by atoms with E-state index in [1.54, 1.807) is 0 Å². The topological polar surface area (TPSA) is 58.3 Å². The monoisotopic (exact) mass is 214 g/mol. The Morgan fingerprint density at radius 3 is 2.47 bits per heavy atom. The van der Waals surface area contributed by atoms with E-state index in [4.69, 9.17) is 10.8 Å². The van der Waals surface area contributed by atoms with Crippen molar-refractivity contribution < 1.29 is 5.11 Å². The summed E-state index contributed by atoms with van der Waals surface area (Å²) in [6.07, 6.45) is 5.62. The van der Waals surface area contributed by atoms with Gasteiger partial charge in [-0.25, -0.2) is 0 Å². The molecule has 2 unspecified atom stereocenters. The summed E-state index contributed by atoms with van der Waals surface area (Å²) in [7, 11) is 0. The second kappa shape index (κ2) is 5.83. The van der Waals surface area contributed by atoms with E-state index in [-0.39, 0.29) is 12.1 Å². The molecule has 1 fully saturated rings. The second-order valence-corrected chi connectivity index (χ2v) is 4.75. The highest BCUT2D eigenvalue weighted by Gasteiger charge is 2.43. The Morgan fingerprint density at radius 1 is 1.47 bits per heavy atom. The van der Waals surface area contributed by atoms with Crippen LogP contribution in [0.3, 0.4) is 0 Å². The fraction of sp³-hybridized carbons (Fsp3) is 1.00. The normalized spacial score (nSPS) is 22.4. The van der Waals surface area contributed by atoms with Crippen molar-refractivity contribution in [3.63, 3.8) is 0 Å². The summed E-state index contributed by atoms with van der Waals surface area (Å²) in [6, 6.07) is 0.416. The summed E-state index contributed by atoms with van der Waals surface area (Å²) in [5, 5.41) is 12.7. The van der Waals surface area contributed by atoms with E-state index < -0.39 is 0 Å². The first-order valence-corrected chi connectivity index (χ1v) is 6.31. The summed E-state index contributed by atoms with van der Waals surface area (Å²) < 4.78 is 0. The van der Waals surface area contributed by atoms with Crippen molar-refractivity contribution in [3.8, 4) is 0 Å². The maximum atomic E-state index is 8.99. The highest BCUT2D eigenvalue weighted by molar-refractivity contribution is 5.02. The van der Waals surface area contributed by atoms with E-state index >= 15 is 0 Å². The minimum absolute atomic E-state index is 0.135. The van der Waals surface area contributed by atoms with Crippen molar-refractivity contribution in [2.24, 2.45) is 11.7 Å². The van der Waals surface area contributed by atoms with Crippen LogP contribution in [-0.4, -0.2) is 29.8 Å². The zero-order chi connectivity index (χ0) is 11.3. The molecule has 4 N–H and O–H groups in total. The number of aliphatic hydroxyl groups is 1. The van der Waals surface area contributed by atoms with Crippen LogP contribution in [0.2, 0.25) is 0 Å². The van der Waals surface area contributed by atoms with Crippen molar-refractivity contribution in [1.82, 2.24) is 5.32 Å². The van der Waals surface area contributed by atoms with E-state index in [0.29, 0.717) is 6.04 Å². The minimum atomic E-state index is 0.135. The van der Waals surface area contributed by atoms with E-state index in [2.05, 4.69) is 19.2 Å². The molecule has 0 saturated heterocycles. The summed E-state index contributed by atoms with van der Waals surface area (Å²) in [4.78, 5) is 0. The molecule has 0 spiro atoms. The molecule has 0 heterocycles. The molecule has 0 aliphatic heterocycles. The van der Waals surface area contributed by atoms with Crippen molar-refractivity contribution in [2.75, 3.05) is 13.2 Å². The van der Waals surface area contributed by atoms with Gasteiger partial charge in [0.1, 0.15) is 0 Å². The standard InChI is InChI=1S/C12H26N2O/c1-3-11(7-8-15)14-12(4-2,9-13)10-5-6-10/h10-11,14-15H,3-9,13H2,1-2H3. The van der Waals surface area contributed by atoms with Crippen LogP contribution in [0.5, 0.6) is 0 Å². The summed E-state index contributed by atoms with van der Waals surface area (Å²) in [5.74, 6) is 0.764. The smallest absolute Gasteiger partial charge is 0.0445 e. The van der Waals surface area contributed by atoms with Crippen molar-refractivity contribution in [1.29, 1.82) is 0 Å². The van der Waals surface area contributed by atoms with E-state index in [0.717, 1.165) is 31.7 Å². The predicted molar refractivity (Wildman–Crippen MR) is 63.7 cm³/mol. The van der Waals surface area contributed by atoms with Gasteiger partial charge >= 0.3 is 0 Å². The number of aliphatic hydroxyl groups excluding tert-OH is 1. The summed E-state index contributed by atoms with van der Waals surface area (Å²) in [5.41, 5.74) is 6.07. The Bertz CT molecular complexity index is 176. The van der Waals surface area contributed by atoms with Crippen LogP contribution in [0.25, 0.3) is 0 Å². The molecule has 0 aromatic carbocycles. The Balaban J connectivity index is 2.55. The lowest BCUT2D eigenvalue weighted by atomic mass is 9.88. The Morgan fingerprint density at radius 2 is 2.13 bits per heavy atom. The van der Waals surface area contributed by atoms with Crippen LogP contribution in [0, 0.1) is 5.92 Å². The molecule has 1 rings (SSSR count). The SMILES string of the molecule is CCC(CCO)NC(CC)(CN)C1CC1. The zero-order valence-electron chi connectivity index (χ0n) is 10.1. The molecule has 0 bridgehead atoms. The molecule has 90 valence electrons. The minimum Gasteiger partial charge on any atom is -0.396 e. The average Bonchev–Trinajstić information content (AvgIpc) is 3.09. The summed E-state index contributed by atoms with van der Waals surface area (Å²) >= 11 is 0. The van der Waals surface area contributed by atoms with Crippen LogP contribution in [0.1, 0.15) is 46.0 Å². The number of nitrogens with two attached hydrogens (primary N) is 1. The van der Waals surface area contributed by atoms with Gasteiger partial charge in [-0.15, -0.1) is 0 Å². The van der Waals surface area contributed by atoms with Crippen LogP contribution < -0.4 is 11.1 Å². The van der Waals surface area contributed by atoms with Crippen LogP contribution in [-0.2, 0) is 0 Å². The van der Waals surface area contributed by atoms with Gasteiger partial charge in [-0.05, 0) is 38.0 Å². The Kier molecular flexibility index (Phi) is 5.03. The third-order valence-corrected chi connectivity index (χ3v) is 3.82. The molecule has 1 aliphatic carbocycles. The molecular formula is C12H26N2O. The van der Waals surface area contributed by atoms with Gasteiger partial charge in [0.2, 0.25) is 0 Å². The largest absolute Gasteiger partial charge is 0.396 e. The zero-order valence-corrected chi connectivity index (χ0v) is 10.1. The first kappa shape index (κ1) is 12.9. The second-order valence-electron chi connectivity index (χ2n) is 4.75. The molecule has 0 amide bonds. The maximum absolute atomic E-state index is 8.99. The molecular weight excluding hydrogens is 188 g/mol. The molecule has 3 heteroatoms. The summed E-state index contributed by atoms with van der Waals surface area (Å²) in [6.45, 7) is 5.36. The van der Waals surface area contributed by atoms with Gasteiger partial charge in [-0.1, -0.05) is 13.8 Å². The molecule has 1 saturated carbocycles. The molecule has 15 heavy (non-hydrogen) atoms. The van der Waals surface area contributed by atoms with E-state index in [9.17, 15) is 0 Å². The lowest BCUT2D eigenvalue weighted by Gasteiger charge is -2.37. The molecule has 2 atom stereocenters. The highest BCUT2D eigenvalue weighted by Crippen LogP contribution is 2.41. The van der Waals surface area contributed by atoms with Crippen LogP contribution in [0.15, 0.2) is 0 Å². The average molecular weight is 214 g/mol. The van der Waals surface area contributed by atoms with Gasteiger partial charge in [0.05, 0.1) is 0 Å². The fourth-order valence-electron chi connectivity index (χ4n) is 2.46. The molecule has 0 radical (unpaired) electrons. The van der Waals surface area contributed by atoms with E-state index in [1.165, 1.54) is 12.8 Å². The van der Waals surface area contributed by atoms with Gasteiger partial charge in [0.15, 0.2) is 0 Å². The third kappa shape index (κ3) is 3.16. The van der Waals surface area contributed by atoms with Crippen molar-refractivity contribution in [3.05, 3.63) is 0 Å². The lowest BCUT2D eigenvalue weighted by Crippen LogP contribution is -2.56. The number of hydrogen-bond acceptors (Lipinski definition) is 3. The number of hydrogen-bond donors (Lipinski definition) is 3. The predicted octanol–water partition coefficient (Wildman–Crippen LogP) is 1.25. The number of rotatable bonds is 8. The van der Waals surface area contributed by atoms with E-state index in [1.807, 2.05) is 0 Å². The first-order valence-electron chi connectivity index (χ1n) is 6.31. The van der Waals surface area contributed by atoms with Gasteiger partial charge < -0.3 is 16.2 Å². The van der Waals surface area contributed by atoms with Gasteiger partial charge in [-0.2, -0.15) is 0 Å². The van der Waals surface area contributed by atoms with Gasteiger partial charge in [-0.3, -0.25) is 0 Å². The Hall–Kier alpha value is -0.120. The molecule has 3 nitrogen and oxygen atoms in total. The maximum Gasteiger partial charge on any atom is 0.0445 e. The third-order valence-electron chi connectivity index (χ3n) is 3.82. The van der Waals surface area contributed by atoms with Gasteiger partial charge in [0.25, 0.3) is 0 Å². The Labute approximate surface area is 93.4 Å². The van der Waals surface area contributed by atoms with Crippen LogP contribution in [0.4, 0.5) is 0 Å². The highest BCUT2D eigenvalue weighted by atomic mass is 16.3. The molecule has 0 aromatic rings. The quantitative estimate of drug-likeness (QED) is 0.570. The fourth-order valence-corrected chi connectivity index (χ4v) is 2.46. The lowest BCUT2D eigenvalue weighted by molar-refractivity contribution is 0.205. The van der Waals surface area contributed by atoms with Gasteiger partial charge in [0, 0.05) is 24.7 Å². The van der Waals surface area contributed by atoms with Crippen LogP contribution >= 0.6 is 0 Å². The number of nitrogens with one attached hydrogen (secondary N) is 1. The first-order chi connectivity index (χ1) is 7.22.